The Morgan fingerprint density at radius 2 is 0.488 bits per heavy atom. The van der Waals surface area contributed by atoms with Crippen LogP contribution in [0.1, 0.15) is 60.9 Å². The summed E-state index contributed by atoms with van der Waals surface area (Å²) in [6.07, 6.45) is 0. The van der Waals surface area contributed by atoms with Crippen LogP contribution in [-0.4, -0.2) is 25.0 Å². The Bertz CT molecular complexity index is 7770. The first-order valence-corrected chi connectivity index (χ1v) is 42.6. The van der Waals surface area contributed by atoms with E-state index in [-0.39, 0.29) is 47.6 Å². The normalized spacial score (nSPS) is 13.4. The maximum Gasteiger partial charge on any atom is 0.252 e. The fourth-order valence-electron chi connectivity index (χ4n) is 20.1. The number of fused-ring (bicyclic) bond motifs is 16. The molecule has 0 bridgehead atoms. The lowest BCUT2D eigenvalue weighted by atomic mass is 9.33. The van der Waals surface area contributed by atoms with E-state index in [4.69, 9.17) is 0 Å². The minimum absolute atomic E-state index is 0.0271. The summed E-state index contributed by atoms with van der Waals surface area (Å²) in [5.41, 5.74) is 24.5. The highest BCUT2D eigenvalue weighted by Crippen LogP contribution is 2.56. The second kappa shape index (κ2) is 27.7. The van der Waals surface area contributed by atoms with Crippen LogP contribution in [0.3, 0.4) is 0 Å². The van der Waals surface area contributed by atoms with Gasteiger partial charge in [0.1, 0.15) is 0 Å². The molecule has 6 nitrogen and oxygen atoms in total. The predicted octanol–water partition coefficient (Wildman–Crippen LogP) is 29.1. The quantitative estimate of drug-likeness (QED) is 0.121. The van der Waals surface area contributed by atoms with Crippen molar-refractivity contribution in [1.29, 1.82) is 0 Å². The van der Waals surface area contributed by atoms with Gasteiger partial charge in [-0.3, -0.25) is 0 Å². The fraction of sp³-hybridized carbons (Fsp3) is 0.0690. The zero-order valence-electron chi connectivity index (χ0n) is 75.0. The number of hydrogen-bond donors (Lipinski definition) is 0. The van der Waals surface area contributed by atoms with Crippen molar-refractivity contribution in [3.05, 3.63) is 417 Å². The molecule has 0 saturated carbocycles. The number of hydrogen-bond acceptors (Lipinski definition) is 2. The third kappa shape index (κ3) is 11.3. The van der Waals surface area contributed by atoms with Crippen molar-refractivity contribution in [2.75, 3.05) is 9.80 Å². The molecule has 6 heterocycles. The largest absolute Gasteiger partial charge is 0.310 e. The molecular weight excluding hydrogens is 1490 g/mol. The molecule has 18 aromatic carbocycles. The van der Waals surface area contributed by atoms with E-state index < -0.39 is 17.5 Å². The smallest absolute Gasteiger partial charge is 0.252 e. The number of para-hydroxylation sites is 6. The van der Waals surface area contributed by atoms with Crippen molar-refractivity contribution in [2.24, 2.45) is 0 Å². The highest BCUT2D eigenvalue weighted by molar-refractivity contribution is 7.00. The summed E-state index contributed by atoms with van der Waals surface area (Å²) in [5, 5.41) is 8.17. The molecular formula is C116H85BN6. The van der Waals surface area contributed by atoms with Crippen LogP contribution in [0.5, 0.6) is 0 Å². The van der Waals surface area contributed by atoms with Crippen molar-refractivity contribution in [2.45, 2.75) is 52.4 Å². The number of aromatic nitrogens is 4. The minimum Gasteiger partial charge on any atom is -0.310 e. The second-order valence-electron chi connectivity index (χ2n) is 35.0. The van der Waals surface area contributed by atoms with Crippen molar-refractivity contribution in [1.82, 2.24) is 18.3 Å². The van der Waals surface area contributed by atoms with Crippen molar-refractivity contribution >= 4 is 144 Å². The second-order valence-corrected chi connectivity index (χ2v) is 35.0. The van der Waals surface area contributed by atoms with E-state index in [9.17, 15) is 8.22 Å². The Morgan fingerprint density at radius 1 is 0.228 bits per heavy atom. The number of rotatable bonds is 11. The van der Waals surface area contributed by atoms with Gasteiger partial charge in [0.05, 0.1) is 63.7 Å². The van der Waals surface area contributed by atoms with Gasteiger partial charge in [0.15, 0.2) is 0 Å². The first-order valence-electron chi connectivity index (χ1n) is 45.6. The van der Waals surface area contributed by atoms with Gasteiger partial charge in [0.25, 0.3) is 6.71 Å². The summed E-state index contributed by atoms with van der Waals surface area (Å²) < 4.78 is 79.3. The molecule has 0 radical (unpaired) electrons. The van der Waals surface area contributed by atoms with E-state index in [1.807, 2.05) is 54.6 Å². The monoisotopic (exact) mass is 1580 g/mol. The molecule has 582 valence electrons. The van der Waals surface area contributed by atoms with Gasteiger partial charge in [-0.2, -0.15) is 0 Å². The van der Waals surface area contributed by atoms with Gasteiger partial charge in [-0.05, 0) is 205 Å². The van der Waals surface area contributed by atoms with E-state index in [1.54, 1.807) is 0 Å². The molecule has 0 spiro atoms. The molecule has 0 saturated heterocycles. The van der Waals surface area contributed by atoms with Crippen LogP contribution in [-0.2, 0) is 10.8 Å². The average Bonchev–Trinajstić information content (AvgIpc) is 1.47. The van der Waals surface area contributed by atoms with Crippen LogP contribution in [0, 0.1) is 0 Å². The maximum absolute atomic E-state index is 12.1. The van der Waals surface area contributed by atoms with Crippen LogP contribution >= 0.6 is 0 Å². The van der Waals surface area contributed by atoms with Gasteiger partial charge >= 0.3 is 0 Å². The molecule has 0 N–H and O–H groups in total. The molecule has 0 atom stereocenters. The first kappa shape index (κ1) is 65.7. The molecule has 2 aliphatic heterocycles. The van der Waals surface area contributed by atoms with E-state index >= 15 is 0 Å². The number of benzene rings is 18. The maximum atomic E-state index is 12.1. The molecule has 22 aromatic rings. The summed E-state index contributed by atoms with van der Waals surface area (Å²) in [6, 6.07) is 129. The van der Waals surface area contributed by atoms with Gasteiger partial charge in [0, 0.05) is 111 Å². The highest BCUT2D eigenvalue weighted by atomic mass is 15.2. The Hall–Kier alpha value is -15.2. The highest BCUT2D eigenvalue weighted by Gasteiger charge is 2.47. The van der Waals surface area contributed by atoms with Gasteiger partial charge in [-0.15, -0.1) is 0 Å². The molecule has 2 aliphatic rings. The summed E-state index contributed by atoms with van der Waals surface area (Å²) >= 11 is 0. The number of nitrogens with zero attached hydrogens (tertiary/aromatic N) is 6. The third-order valence-corrected chi connectivity index (χ3v) is 25.8. The zero-order valence-corrected chi connectivity index (χ0v) is 69.0. The standard InChI is InChI=1S/C116H85BN6/c1-115(2,3)80-66-92(75-36-14-8-15-37-75)113(93(67-80)76-38-16-9-17-39-76)122-108-72-84(120-104-54-32-26-48-90(104)96-70-82(58-62-106(96)120)118-100-50-28-22-44-86(100)87-45-23-29-51-101(87)118)56-60-98(108)117-99-61-57-85(121-105-55-33-27-49-91(105)97-71-83(59-63-107(97)121)119-102-52-30-24-46-88(102)89-47-25-31-53-103(89)119)73-109(99)123(111-65-79(64-110(122)112(111)117)74-34-12-7-13-35-74)114-94(77-40-18-10-19-41-77)68-81(116(4,5)6)69-95(114)78-42-20-11-21-43-78/h7-73H,1-6H3/i56D,57D,60D,61D,72D,73D. The van der Waals surface area contributed by atoms with Gasteiger partial charge in [-0.1, -0.05) is 314 Å². The van der Waals surface area contributed by atoms with E-state index in [0.717, 1.165) is 177 Å². The molecule has 4 aromatic heterocycles. The van der Waals surface area contributed by atoms with Gasteiger partial charge in [-0.25, -0.2) is 0 Å². The number of anilines is 6. The lowest BCUT2D eigenvalue weighted by molar-refractivity contribution is 0.590. The lowest BCUT2D eigenvalue weighted by Crippen LogP contribution is -2.61. The Labute approximate surface area is 724 Å². The Kier molecular flexibility index (Phi) is 14.8. The van der Waals surface area contributed by atoms with E-state index in [1.165, 1.54) is 0 Å². The topological polar surface area (TPSA) is 26.2 Å². The molecule has 0 amide bonds. The summed E-state index contributed by atoms with van der Waals surface area (Å²) in [7, 11) is 0. The minimum atomic E-state index is -1.20. The molecule has 24 rings (SSSR count). The van der Waals surface area contributed by atoms with E-state index in [2.05, 4.69) is 385 Å². The summed E-state index contributed by atoms with van der Waals surface area (Å²) in [6.45, 7) is 12.3. The van der Waals surface area contributed by atoms with Crippen LogP contribution in [0.2, 0.25) is 0 Å². The lowest BCUT2D eigenvalue weighted by Gasteiger charge is -2.46. The predicted molar refractivity (Wildman–Crippen MR) is 522 cm³/mol. The van der Waals surface area contributed by atoms with E-state index in [0.29, 0.717) is 39.1 Å². The van der Waals surface area contributed by atoms with Crippen molar-refractivity contribution < 1.29 is 8.22 Å². The third-order valence-electron chi connectivity index (χ3n) is 25.8. The van der Waals surface area contributed by atoms with Crippen LogP contribution < -0.4 is 26.2 Å². The molecule has 0 fully saturated rings. The van der Waals surface area contributed by atoms with Crippen LogP contribution in [0.15, 0.2) is 406 Å². The first-order chi connectivity index (χ1) is 62.9. The van der Waals surface area contributed by atoms with Gasteiger partial charge < -0.3 is 28.1 Å². The SMILES string of the molecule is [2H]c1c([2H])c(-n2c3ccccc3c3cc(-n4c5ccccc5c5ccccc54)ccc32)c([2H])c2c1B1c3c(cc(-c4ccccc4)cc3N(c3c(-c4ccccc4)cc(C(C)(C)C)cc3-c3ccccc3)c3c([2H])c(-n4c5ccccc5c5cc(-n6c7ccccc7c7ccccc76)ccc54)c([2H])c([2H])c31)N2c1c(-c2ccccc2)cc(C(C)(C)C)cc1-c1ccccc1. The Morgan fingerprint density at radius 3 is 0.789 bits per heavy atom. The molecule has 0 unspecified atom stereocenters. The molecule has 7 heteroatoms. The fourth-order valence-corrected chi connectivity index (χ4v) is 20.1. The van der Waals surface area contributed by atoms with Crippen molar-refractivity contribution in [3.8, 4) is 78.4 Å². The van der Waals surface area contributed by atoms with Crippen LogP contribution in [0.25, 0.3) is 166 Å². The van der Waals surface area contributed by atoms with Crippen molar-refractivity contribution in [3.63, 3.8) is 0 Å². The molecule has 0 aliphatic carbocycles. The molecule has 123 heavy (non-hydrogen) atoms. The van der Waals surface area contributed by atoms with Crippen LogP contribution in [0.4, 0.5) is 34.1 Å². The average molecular weight is 1580 g/mol. The Balaban J connectivity index is 0.880. The zero-order chi connectivity index (χ0) is 87.3. The summed E-state index contributed by atoms with van der Waals surface area (Å²) in [5.74, 6) is 0. The van der Waals surface area contributed by atoms with Gasteiger partial charge in [0.2, 0.25) is 0 Å². The summed E-state index contributed by atoms with van der Waals surface area (Å²) in [4.78, 5) is 4.56.